The zero-order valence-electron chi connectivity index (χ0n) is 22.4. The molecule has 0 saturated heterocycles. The minimum absolute atomic E-state index is 0.636. The van der Waals surface area contributed by atoms with Gasteiger partial charge >= 0.3 is 0 Å². The molecule has 0 amide bonds. The first-order valence-corrected chi connectivity index (χ1v) is 14.8. The highest BCUT2D eigenvalue weighted by Gasteiger charge is 2.23. The third-order valence-corrected chi connectivity index (χ3v) is 9.28. The maximum Gasteiger partial charge on any atom is 0.235 e. The molecule has 0 N–H and O–H groups in total. The van der Waals surface area contributed by atoms with Crippen molar-refractivity contribution in [2.75, 3.05) is 0 Å². The third-order valence-electron chi connectivity index (χ3n) is 8.10. The van der Waals surface area contributed by atoms with E-state index in [9.17, 15) is 0 Å². The van der Waals surface area contributed by atoms with Crippen LogP contribution in [0.5, 0.6) is 0 Å². The molecule has 4 aromatic heterocycles. The van der Waals surface area contributed by atoms with Gasteiger partial charge < -0.3 is 0 Å². The van der Waals surface area contributed by atoms with E-state index in [1.54, 1.807) is 0 Å². The molecule has 0 spiro atoms. The molecule has 0 fully saturated rings. The SMILES string of the molecule is c1ccc(-c2cc(-c3ccccc3)nc(-n3c4cnccc4c4c5ccccc5c5c6ccccc6sc5c43)n2)cc1. The molecular formula is C37H22N4S. The van der Waals surface area contributed by atoms with Crippen LogP contribution in [0.15, 0.2) is 134 Å². The van der Waals surface area contributed by atoms with Crippen molar-refractivity contribution in [1.82, 2.24) is 19.5 Å². The van der Waals surface area contributed by atoms with Crippen LogP contribution in [0.3, 0.4) is 0 Å². The zero-order chi connectivity index (χ0) is 27.6. The summed E-state index contributed by atoms with van der Waals surface area (Å²) < 4.78 is 4.74. The monoisotopic (exact) mass is 554 g/mol. The smallest absolute Gasteiger partial charge is 0.235 e. The Bertz CT molecular complexity index is 2400. The summed E-state index contributed by atoms with van der Waals surface area (Å²) in [5.41, 5.74) is 5.98. The Hall–Kier alpha value is -5.39. The van der Waals surface area contributed by atoms with E-state index in [0.717, 1.165) is 38.9 Å². The molecule has 9 rings (SSSR count). The average molecular weight is 555 g/mol. The van der Waals surface area contributed by atoms with Crippen LogP contribution in [0.2, 0.25) is 0 Å². The first-order chi connectivity index (χ1) is 20.8. The van der Waals surface area contributed by atoms with E-state index >= 15 is 0 Å². The number of hydrogen-bond donors (Lipinski definition) is 0. The maximum atomic E-state index is 5.24. The standard InChI is InChI=1S/C37H22N4S/c1-3-11-23(12-4-1)29-21-30(24-13-5-2-6-14-24)40-37(39-29)41-31-22-38-20-19-27(31)33-25-15-7-8-16-26(25)34-28-17-9-10-18-32(28)42-36(34)35(33)41/h1-22H. The number of benzene rings is 5. The Morgan fingerprint density at radius 3 is 1.83 bits per heavy atom. The maximum absolute atomic E-state index is 5.24. The lowest BCUT2D eigenvalue weighted by Crippen LogP contribution is -2.04. The number of aromatic nitrogens is 4. The molecule has 0 saturated carbocycles. The molecule has 0 aliphatic carbocycles. The lowest BCUT2D eigenvalue weighted by atomic mass is 9.99. The van der Waals surface area contributed by atoms with Gasteiger partial charge in [-0.15, -0.1) is 11.3 Å². The van der Waals surface area contributed by atoms with Crippen LogP contribution in [0.4, 0.5) is 0 Å². The fraction of sp³-hybridized carbons (Fsp3) is 0. The molecule has 9 aromatic rings. The second-order valence-corrected chi connectivity index (χ2v) is 11.5. The van der Waals surface area contributed by atoms with Gasteiger partial charge in [-0.25, -0.2) is 9.97 Å². The second kappa shape index (κ2) is 9.06. The van der Waals surface area contributed by atoms with Crippen LogP contribution in [0.25, 0.3) is 81.2 Å². The van der Waals surface area contributed by atoms with Crippen LogP contribution in [0.1, 0.15) is 0 Å². The van der Waals surface area contributed by atoms with E-state index in [1.165, 1.54) is 36.3 Å². The van der Waals surface area contributed by atoms with Crippen molar-refractivity contribution in [1.29, 1.82) is 0 Å². The summed E-state index contributed by atoms with van der Waals surface area (Å²) in [5.74, 6) is 0.636. The fourth-order valence-electron chi connectivity index (χ4n) is 6.28. The van der Waals surface area contributed by atoms with E-state index in [1.807, 2.05) is 35.9 Å². The van der Waals surface area contributed by atoms with E-state index in [0.29, 0.717) is 5.95 Å². The van der Waals surface area contributed by atoms with Gasteiger partial charge in [-0.1, -0.05) is 103 Å². The highest BCUT2D eigenvalue weighted by Crippen LogP contribution is 2.47. The van der Waals surface area contributed by atoms with Crippen molar-refractivity contribution in [3.63, 3.8) is 0 Å². The predicted molar refractivity (Wildman–Crippen MR) is 175 cm³/mol. The molecule has 5 aromatic carbocycles. The van der Waals surface area contributed by atoms with E-state index in [4.69, 9.17) is 9.97 Å². The summed E-state index contributed by atoms with van der Waals surface area (Å²) in [6.07, 6.45) is 3.83. The van der Waals surface area contributed by atoms with Gasteiger partial charge in [-0.2, -0.15) is 0 Å². The molecule has 0 atom stereocenters. The molecule has 196 valence electrons. The van der Waals surface area contributed by atoms with Crippen molar-refractivity contribution in [2.24, 2.45) is 0 Å². The Kier molecular flexibility index (Phi) is 5.03. The van der Waals surface area contributed by atoms with Gasteiger partial charge in [0.2, 0.25) is 5.95 Å². The molecule has 0 bridgehead atoms. The van der Waals surface area contributed by atoms with Crippen LogP contribution in [-0.4, -0.2) is 19.5 Å². The minimum atomic E-state index is 0.636. The van der Waals surface area contributed by atoms with E-state index in [-0.39, 0.29) is 0 Å². The molecule has 0 radical (unpaired) electrons. The summed E-state index contributed by atoms with van der Waals surface area (Å²) in [6.45, 7) is 0. The van der Waals surface area contributed by atoms with Crippen molar-refractivity contribution >= 4 is 64.1 Å². The van der Waals surface area contributed by atoms with Gasteiger partial charge in [-0.05, 0) is 29.0 Å². The molecule has 4 nitrogen and oxygen atoms in total. The van der Waals surface area contributed by atoms with Crippen LogP contribution in [0, 0.1) is 0 Å². The van der Waals surface area contributed by atoms with Crippen molar-refractivity contribution < 1.29 is 0 Å². The van der Waals surface area contributed by atoms with Gasteiger partial charge in [0.1, 0.15) is 0 Å². The Morgan fingerprint density at radius 1 is 0.548 bits per heavy atom. The minimum Gasteiger partial charge on any atom is -0.275 e. The van der Waals surface area contributed by atoms with Gasteiger partial charge in [-0.3, -0.25) is 9.55 Å². The van der Waals surface area contributed by atoms with Gasteiger partial charge in [0.15, 0.2) is 0 Å². The number of hydrogen-bond acceptors (Lipinski definition) is 4. The Balaban J connectivity index is 1.50. The molecule has 0 unspecified atom stereocenters. The van der Waals surface area contributed by atoms with E-state index < -0.39 is 0 Å². The van der Waals surface area contributed by atoms with Crippen LogP contribution >= 0.6 is 11.3 Å². The lowest BCUT2D eigenvalue weighted by molar-refractivity contribution is 0.995. The summed E-state index contributed by atoms with van der Waals surface area (Å²) in [7, 11) is 0. The van der Waals surface area contributed by atoms with Crippen molar-refractivity contribution in [3.05, 3.63) is 134 Å². The number of nitrogens with zero attached hydrogens (tertiary/aromatic N) is 4. The topological polar surface area (TPSA) is 43.6 Å². The highest BCUT2D eigenvalue weighted by atomic mass is 32.1. The third kappa shape index (κ3) is 3.38. The number of thiophene rings is 1. The highest BCUT2D eigenvalue weighted by molar-refractivity contribution is 7.27. The summed E-state index contributed by atoms with van der Waals surface area (Å²) >= 11 is 1.83. The average Bonchev–Trinajstić information content (AvgIpc) is 3.62. The molecule has 0 aliphatic rings. The summed E-state index contributed by atoms with van der Waals surface area (Å²) in [5, 5.41) is 7.38. The molecule has 0 aliphatic heterocycles. The first kappa shape index (κ1) is 23.3. The normalized spacial score (nSPS) is 11.8. The molecule has 42 heavy (non-hydrogen) atoms. The largest absolute Gasteiger partial charge is 0.275 e. The van der Waals surface area contributed by atoms with Gasteiger partial charge in [0, 0.05) is 43.6 Å². The van der Waals surface area contributed by atoms with Crippen molar-refractivity contribution in [3.8, 4) is 28.5 Å². The predicted octanol–water partition coefficient (Wildman–Crippen LogP) is 9.82. The summed E-state index contributed by atoms with van der Waals surface area (Å²) in [4.78, 5) is 15.1. The number of fused-ring (bicyclic) bond motifs is 10. The lowest BCUT2D eigenvalue weighted by Gasteiger charge is -2.12. The van der Waals surface area contributed by atoms with Crippen LogP contribution < -0.4 is 0 Å². The second-order valence-electron chi connectivity index (χ2n) is 10.5. The van der Waals surface area contributed by atoms with Crippen LogP contribution in [-0.2, 0) is 0 Å². The van der Waals surface area contributed by atoms with Crippen molar-refractivity contribution in [2.45, 2.75) is 0 Å². The van der Waals surface area contributed by atoms with Gasteiger partial charge in [0.25, 0.3) is 0 Å². The molecule has 5 heteroatoms. The zero-order valence-corrected chi connectivity index (χ0v) is 23.2. The van der Waals surface area contributed by atoms with Gasteiger partial charge in [0.05, 0.1) is 33.3 Å². The first-order valence-electron chi connectivity index (χ1n) is 14.0. The molecule has 4 heterocycles. The fourth-order valence-corrected chi connectivity index (χ4v) is 7.54. The Labute approximate surface area is 245 Å². The Morgan fingerprint density at radius 2 is 1.14 bits per heavy atom. The summed E-state index contributed by atoms with van der Waals surface area (Å²) in [6, 6.07) is 42.4. The number of pyridine rings is 1. The quantitative estimate of drug-likeness (QED) is 0.218. The number of rotatable bonds is 3. The van der Waals surface area contributed by atoms with E-state index in [2.05, 4.69) is 119 Å². The molecular weight excluding hydrogens is 533 g/mol.